The van der Waals surface area contributed by atoms with Gasteiger partial charge in [0.15, 0.2) is 5.43 Å². The summed E-state index contributed by atoms with van der Waals surface area (Å²) in [6.45, 7) is 0.235. The van der Waals surface area contributed by atoms with Gasteiger partial charge in [0.05, 0.1) is 6.61 Å². The van der Waals surface area contributed by atoms with E-state index < -0.39 is 0 Å². The van der Waals surface area contributed by atoms with E-state index in [2.05, 4.69) is 4.98 Å². The first-order valence-electron chi connectivity index (χ1n) is 6.74. The number of aliphatic hydroxyl groups excluding tert-OH is 1. The molecule has 0 aliphatic heterocycles. The van der Waals surface area contributed by atoms with Gasteiger partial charge in [-0.2, -0.15) is 0 Å². The zero-order valence-corrected chi connectivity index (χ0v) is 11.0. The molecule has 20 heavy (non-hydrogen) atoms. The number of carbonyl (C=O) groups is 1. The number of aliphatic hydroxyl groups is 1. The van der Waals surface area contributed by atoms with Crippen LogP contribution in [0.25, 0.3) is 10.9 Å². The van der Waals surface area contributed by atoms with Crippen molar-refractivity contribution < 1.29 is 9.90 Å². The Hall–Kier alpha value is -2.14. The number of pyridine rings is 1. The standard InChI is InChI=1S/C15H16N2O3/c18-8-7-17(10-5-6-10)15(20)13-9-14(19)11-3-1-2-4-12(11)16-13/h1-4,9-10,18H,5-8H2,(H,16,19). The van der Waals surface area contributed by atoms with E-state index in [9.17, 15) is 9.59 Å². The van der Waals surface area contributed by atoms with Crippen LogP contribution in [0.15, 0.2) is 35.1 Å². The number of para-hydroxylation sites is 1. The number of hydrogen-bond acceptors (Lipinski definition) is 3. The minimum absolute atomic E-state index is 0.0694. The maximum atomic E-state index is 12.5. The second kappa shape index (κ2) is 5.09. The van der Waals surface area contributed by atoms with Crippen LogP contribution in [0.1, 0.15) is 23.3 Å². The summed E-state index contributed by atoms with van der Waals surface area (Å²) >= 11 is 0. The molecule has 1 amide bonds. The maximum Gasteiger partial charge on any atom is 0.270 e. The molecule has 0 saturated heterocycles. The van der Waals surface area contributed by atoms with Gasteiger partial charge >= 0.3 is 0 Å². The molecular formula is C15H16N2O3. The summed E-state index contributed by atoms with van der Waals surface area (Å²) in [6.07, 6.45) is 1.92. The van der Waals surface area contributed by atoms with E-state index in [0.717, 1.165) is 12.8 Å². The van der Waals surface area contributed by atoms with Gasteiger partial charge in [-0.05, 0) is 25.0 Å². The number of hydrogen-bond donors (Lipinski definition) is 2. The van der Waals surface area contributed by atoms with Crippen LogP contribution in [0.5, 0.6) is 0 Å². The number of aromatic nitrogens is 1. The Morgan fingerprint density at radius 3 is 2.80 bits per heavy atom. The number of rotatable bonds is 4. The minimum atomic E-state index is -0.218. The predicted molar refractivity (Wildman–Crippen MR) is 75.7 cm³/mol. The summed E-state index contributed by atoms with van der Waals surface area (Å²) in [4.78, 5) is 29.1. The molecule has 1 aliphatic rings. The Bertz CT molecular complexity index is 704. The predicted octanol–water partition coefficient (Wildman–Crippen LogP) is 1.12. The fourth-order valence-corrected chi connectivity index (χ4v) is 2.41. The Labute approximate surface area is 115 Å². The van der Waals surface area contributed by atoms with Crippen LogP contribution in [0, 0.1) is 0 Å². The summed E-state index contributed by atoms with van der Waals surface area (Å²) in [5, 5.41) is 9.64. The van der Waals surface area contributed by atoms with Crippen LogP contribution in [0.2, 0.25) is 0 Å². The molecule has 0 spiro atoms. The Balaban J connectivity index is 2.00. The zero-order chi connectivity index (χ0) is 14.1. The first kappa shape index (κ1) is 12.9. The molecule has 0 bridgehead atoms. The van der Waals surface area contributed by atoms with Crippen molar-refractivity contribution in [2.24, 2.45) is 0 Å². The van der Waals surface area contributed by atoms with E-state index in [1.807, 2.05) is 6.07 Å². The number of nitrogens with zero attached hydrogens (tertiary/aromatic N) is 1. The SMILES string of the molecule is O=C(c1cc(=O)c2ccccc2[nH]1)N(CCO)C1CC1. The van der Waals surface area contributed by atoms with E-state index in [1.54, 1.807) is 23.1 Å². The van der Waals surface area contributed by atoms with Crippen molar-refractivity contribution in [3.8, 4) is 0 Å². The van der Waals surface area contributed by atoms with Crippen LogP contribution in [-0.2, 0) is 0 Å². The minimum Gasteiger partial charge on any atom is -0.395 e. The topological polar surface area (TPSA) is 73.4 Å². The Morgan fingerprint density at radius 2 is 2.10 bits per heavy atom. The summed E-state index contributed by atoms with van der Waals surface area (Å²) in [6, 6.07) is 8.66. The monoisotopic (exact) mass is 272 g/mol. The molecule has 3 rings (SSSR count). The Morgan fingerprint density at radius 1 is 1.35 bits per heavy atom. The summed E-state index contributed by atoms with van der Waals surface area (Å²) in [7, 11) is 0. The van der Waals surface area contributed by atoms with Crippen molar-refractivity contribution >= 4 is 16.8 Å². The van der Waals surface area contributed by atoms with E-state index in [-0.39, 0.29) is 29.7 Å². The van der Waals surface area contributed by atoms with E-state index in [4.69, 9.17) is 5.11 Å². The normalized spacial score (nSPS) is 14.4. The van der Waals surface area contributed by atoms with Gasteiger partial charge in [0.1, 0.15) is 5.69 Å². The molecule has 2 aromatic rings. The van der Waals surface area contributed by atoms with Crippen LogP contribution in [-0.4, -0.2) is 40.1 Å². The van der Waals surface area contributed by atoms with Gasteiger partial charge in [-0.1, -0.05) is 12.1 Å². The third kappa shape index (κ3) is 2.32. The van der Waals surface area contributed by atoms with Crippen LogP contribution < -0.4 is 5.43 Å². The van der Waals surface area contributed by atoms with Crippen molar-refractivity contribution in [3.05, 3.63) is 46.2 Å². The van der Waals surface area contributed by atoms with Crippen molar-refractivity contribution in [3.63, 3.8) is 0 Å². The van der Waals surface area contributed by atoms with Crippen molar-refractivity contribution in [1.29, 1.82) is 0 Å². The van der Waals surface area contributed by atoms with Gasteiger partial charge in [0, 0.05) is 29.6 Å². The van der Waals surface area contributed by atoms with E-state index in [0.29, 0.717) is 17.4 Å². The molecule has 104 valence electrons. The molecule has 1 saturated carbocycles. The highest BCUT2D eigenvalue weighted by Gasteiger charge is 2.33. The molecule has 0 unspecified atom stereocenters. The number of nitrogens with one attached hydrogen (secondary N) is 1. The van der Waals surface area contributed by atoms with Crippen molar-refractivity contribution in [1.82, 2.24) is 9.88 Å². The quantitative estimate of drug-likeness (QED) is 0.876. The molecule has 2 N–H and O–H groups in total. The number of H-pyrrole nitrogens is 1. The van der Waals surface area contributed by atoms with Crippen molar-refractivity contribution in [2.75, 3.05) is 13.2 Å². The average Bonchev–Trinajstić information content (AvgIpc) is 3.28. The van der Waals surface area contributed by atoms with Crippen LogP contribution in [0.4, 0.5) is 0 Å². The summed E-state index contributed by atoms with van der Waals surface area (Å²) in [5.74, 6) is -0.218. The number of fused-ring (bicyclic) bond motifs is 1. The van der Waals surface area contributed by atoms with Gasteiger partial charge < -0.3 is 15.0 Å². The third-order valence-electron chi connectivity index (χ3n) is 3.56. The second-order valence-corrected chi connectivity index (χ2v) is 5.05. The third-order valence-corrected chi connectivity index (χ3v) is 3.56. The number of aromatic amines is 1. The molecule has 1 fully saturated rings. The fourth-order valence-electron chi connectivity index (χ4n) is 2.41. The number of amides is 1. The molecule has 5 heteroatoms. The van der Waals surface area contributed by atoms with Crippen LogP contribution >= 0.6 is 0 Å². The van der Waals surface area contributed by atoms with Gasteiger partial charge in [-0.15, -0.1) is 0 Å². The van der Waals surface area contributed by atoms with Gasteiger partial charge in [-0.3, -0.25) is 9.59 Å². The highest BCUT2D eigenvalue weighted by atomic mass is 16.3. The smallest absolute Gasteiger partial charge is 0.270 e. The van der Waals surface area contributed by atoms with Gasteiger partial charge in [0.2, 0.25) is 0 Å². The first-order valence-corrected chi connectivity index (χ1v) is 6.74. The summed E-state index contributed by atoms with van der Waals surface area (Å²) < 4.78 is 0. The molecule has 1 aromatic heterocycles. The lowest BCUT2D eigenvalue weighted by atomic mass is 10.2. The summed E-state index contributed by atoms with van der Waals surface area (Å²) in [5.41, 5.74) is 0.777. The average molecular weight is 272 g/mol. The lowest BCUT2D eigenvalue weighted by molar-refractivity contribution is 0.0702. The highest BCUT2D eigenvalue weighted by molar-refractivity contribution is 5.95. The number of carbonyl (C=O) groups excluding carboxylic acids is 1. The fraction of sp³-hybridized carbons (Fsp3) is 0.333. The molecule has 1 heterocycles. The Kier molecular flexibility index (Phi) is 3.28. The molecule has 5 nitrogen and oxygen atoms in total. The van der Waals surface area contributed by atoms with E-state index >= 15 is 0 Å². The molecule has 1 aliphatic carbocycles. The van der Waals surface area contributed by atoms with Crippen molar-refractivity contribution in [2.45, 2.75) is 18.9 Å². The highest BCUT2D eigenvalue weighted by Crippen LogP contribution is 2.27. The van der Waals surface area contributed by atoms with Crippen LogP contribution in [0.3, 0.4) is 0 Å². The van der Waals surface area contributed by atoms with E-state index in [1.165, 1.54) is 6.07 Å². The maximum absolute atomic E-state index is 12.5. The molecule has 0 atom stereocenters. The van der Waals surface area contributed by atoms with Gasteiger partial charge in [0.25, 0.3) is 5.91 Å². The lowest BCUT2D eigenvalue weighted by Gasteiger charge is -2.21. The second-order valence-electron chi connectivity index (χ2n) is 5.05. The number of benzene rings is 1. The molecule has 1 aromatic carbocycles. The molecular weight excluding hydrogens is 256 g/mol. The largest absolute Gasteiger partial charge is 0.395 e. The molecule has 0 radical (unpaired) electrons. The zero-order valence-electron chi connectivity index (χ0n) is 11.0. The first-order chi connectivity index (χ1) is 9.70. The lowest BCUT2D eigenvalue weighted by Crippen LogP contribution is -2.36. The van der Waals surface area contributed by atoms with Gasteiger partial charge in [-0.25, -0.2) is 0 Å².